The van der Waals surface area contributed by atoms with E-state index in [4.69, 9.17) is 0 Å². The molecule has 0 atom stereocenters. The van der Waals surface area contributed by atoms with Crippen LogP contribution in [0.2, 0.25) is 0 Å². The maximum atomic E-state index is 3.69. The van der Waals surface area contributed by atoms with E-state index >= 15 is 0 Å². The summed E-state index contributed by atoms with van der Waals surface area (Å²) in [6.45, 7) is 6.03. The van der Waals surface area contributed by atoms with Gasteiger partial charge in [0, 0.05) is 19.1 Å². The summed E-state index contributed by atoms with van der Waals surface area (Å²) in [6.07, 6.45) is 12.8. The first-order valence-electron chi connectivity index (χ1n) is 8.17. The van der Waals surface area contributed by atoms with Gasteiger partial charge in [-0.2, -0.15) is 0 Å². The predicted octanol–water partition coefficient (Wildman–Crippen LogP) is 3.42. The van der Waals surface area contributed by atoms with Crippen molar-refractivity contribution >= 4 is 0 Å². The lowest BCUT2D eigenvalue weighted by Crippen LogP contribution is -2.44. The van der Waals surface area contributed by atoms with Gasteiger partial charge in [0.2, 0.25) is 0 Å². The number of nitrogens with zero attached hydrogens (tertiary/aromatic N) is 1. The summed E-state index contributed by atoms with van der Waals surface area (Å²) in [5.41, 5.74) is 0.590. The summed E-state index contributed by atoms with van der Waals surface area (Å²) in [7, 11) is 2.37. The van der Waals surface area contributed by atoms with Crippen molar-refractivity contribution < 1.29 is 0 Å². The van der Waals surface area contributed by atoms with Crippen molar-refractivity contribution in [3.63, 3.8) is 0 Å². The lowest BCUT2D eigenvalue weighted by atomic mass is 9.85. The Kier molecular flexibility index (Phi) is 5.50. The molecule has 0 bridgehead atoms. The Balaban J connectivity index is 1.84. The van der Waals surface area contributed by atoms with E-state index in [9.17, 15) is 0 Å². The van der Waals surface area contributed by atoms with Gasteiger partial charge >= 0.3 is 0 Å². The fraction of sp³-hybridized carbons (Fsp3) is 1.00. The third-order valence-corrected chi connectivity index (χ3v) is 5.12. The first kappa shape index (κ1) is 14.3. The number of hydrogen-bond acceptors (Lipinski definition) is 2. The van der Waals surface area contributed by atoms with Gasteiger partial charge in [-0.3, -0.25) is 0 Å². The van der Waals surface area contributed by atoms with Crippen LogP contribution in [-0.4, -0.2) is 37.6 Å². The molecule has 0 aromatic rings. The second-order valence-electron chi connectivity index (χ2n) is 6.74. The molecule has 1 N–H and O–H groups in total. The molecule has 0 heterocycles. The molecule has 0 amide bonds. The fourth-order valence-corrected chi connectivity index (χ4v) is 4.05. The van der Waals surface area contributed by atoms with Crippen molar-refractivity contribution in [2.75, 3.05) is 26.7 Å². The third kappa shape index (κ3) is 3.71. The van der Waals surface area contributed by atoms with Crippen molar-refractivity contribution in [1.82, 2.24) is 10.2 Å². The van der Waals surface area contributed by atoms with Gasteiger partial charge in [-0.1, -0.05) is 32.6 Å². The fourth-order valence-electron chi connectivity index (χ4n) is 4.05. The van der Waals surface area contributed by atoms with Crippen molar-refractivity contribution in [2.24, 2.45) is 5.41 Å². The van der Waals surface area contributed by atoms with E-state index in [1.165, 1.54) is 77.4 Å². The number of hydrogen-bond donors (Lipinski definition) is 1. The molecule has 2 aliphatic carbocycles. The minimum atomic E-state index is 0.590. The average molecular weight is 252 g/mol. The van der Waals surface area contributed by atoms with Crippen LogP contribution in [0.15, 0.2) is 0 Å². The normalized spacial score (nSPS) is 24.2. The maximum absolute atomic E-state index is 3.69. The van der Waals surface area contributed by atoms with Crippen molar-refractivity contribution in [3.05, 3.63) is 0 Å². The Hall–Kier alpha value is -0.0800. The molecule has 0 aliphatic heterocycles. The van der Waals surface area contributed by atoms with E-state index in [1.54, 1.807) is 0 Å². The standard InChI is InChI=1S/C16H32N2/c1-3-12-17-13-16(10-6-7-11-16)14-18(2)15-8-4-5-9-15/h15,17H,3-14H2,1-2H3. The zero-order valence-electron chi connectivity index (χ0n) is 12.5. The lowest BCUT2D eigenvalue weighted by molar-refractivity contribution is 0.136. The minimum Gasteiger partial charge on any atom is -0.316 e. The minimum absolute atomic E-state index is 0.590. The molecule has 0 radical (unpaired) electrons. The molecule has 106 valence electrons. The van der Waals surface area contributed by atoms with Crippen LogP contribution in [0.25, 0.3) is 0 Å². The Labute approximate surface area is 114 Å². The van der Waals surface area contributed by atoms with E-state index in [-0.39, 0.29) is 0 Å². The third-order valence-electron chi connectivity index (χ3n) is 5.12. The summed E-state index contributed by atoms with van der Waals surface area (Å²) >= 11 is 0. The van der Waals surface area contributed by atoms with Gasteiger partial charge in [0.1, 0.15) is 0 Å². The molecule has 0 spiro atoms. The van der Waals surface area contributed by atoms with E-state index in [0.717, 1.165) is 6.04 Å². The smallest absolute Gasteiger partial charge is 0.00924 e. The monoisotopic (exact) mass is 252 g/mol. The second-order valence-corrected chi connectivity index (χ2v) is 6.74. The predicted molar refractivity (Wildman–Crippen MR) is 78.9 cm³/mol. The Bertz CT molecular complexity index is 227. The van der Waals surface area contributed by atoms with Crippen molar-refractivity contribution in [3.8, 4) is 0 Å². The average Bonchev–Trinajstić information content (AvgIpc) is 3.00. The molecule has 0 aromatic heterocycles. The molecule has 2 nitrogen and oxygen atoms in total. The Morgan fingerprint density at radius 2 is 1.78 bits per heavy atom. The molecule has 2 rings (SSSR count). The van der Waals surface area contributed by atoms with Crippen molar-refractivity contribution in [2.45, 2.75) is 70.8 Å². The molecule has 18 heavy (non-hydrogen) atoms. The van der Waals surface area contributed by atoms with Crippen LogP contribution >= 0.6 is 0 Å². The topological polar surface area (TPSA) is 15.3 Å². The summed E-state index contributed by atoms with van der Waals surface area (Å²) in [6, 6.07) is 0.883. The molecular formula is C16H32N2. The molecule has 2 fully saturated rings. The summed E-state index contributed by atoms with van der Waals surface area (Å²) in [4.78, 5) is 2.69. The molecule has 0 saturated heterocycles. The highest BCUT2D eigenvalue weighted by atomic mass is 15.1. The first-order valence-corrected chi connectivity index (χ1v) is 8.17. The highest BCUT2D eigenvalue weighted by Crippen LogP contribution is 2.39. The Morgan fingerprint density at radius 1 is 1.11 bits per heavy atom. The zero-order chi connectivity index (χ0) is 12.8. The van der Waals surface area contributed by atoms with Crippen LogP contribution in [0, 0.1) is 5.41 Å². The van der Waals surface area contributed by atoms with Gasteiger partial charge < -0.3 is 10.2 Å². The molecular weight excluding hydrogens is 220 g/mol. The van der Waals surface area contributed by atoms with Crippen LogP contribution in [0.1, 0.15) is 64.7 Å². The van der Waals surface area contributed by atoms with E-state index in [2.05, 4.69) is 24.2 Å². The quantitative estimate of drug-likeness (QED) is 0.698. The van der Waals surface area contributed by atoms with E-state index in [1.807, 2.05) is 0 Å². The SMILES string of the molecule is CCCNCC1(CN(C)C2CCCC2)CCCC1. The second kappa shape index (κ2) is 6.91. The summed E-state index contributed by atoms with van der Waals surface area (Å²) in [5, 5.41) is 3.69. The highest BCUT2D eigenvalue weighted by molar-refractivity contribution is 4.90. The number of nitrogens with one attached hydrogen (secondary N) is 1. The Morgan fingerprint density at radius 3 is 2.39 bits per heavy atom. The maximum Gasteiger partial charge on any atom is 0.00924 e. The van der Waals surface area contributed by atoms with Gasteiger partial charge in [-0.15, -0.1) is 0 Å². The summed E-state index contributed by atoms with van der Waals surface area (Å²) in [5.74, 6) is 0. The van der Waals surface area contributed by atoms with Crippen LogP contribution in [0.4, 0.5) is 0 Å². The van der Waals surface area contributed by atoms with Gasteiger partial charge in [-0.05, 0) is 51.1 Å². The van der Waals surface area contributed by atoms with Gasteiger partial charge in [0.15, 0.2) is 0 Å². The van der Waals surface area contributed by atoms with Crippen LogP contribution in [-0.2, 0) is 0 Å². The van der Waals surface area contributed by atoms with Crippen LogP contribution in [0.5, 0.6) is 0 Å². The lowest BCUT2D eigenvalue weighted by Gasteiger charge is -2.36. The number of rotatable bonds is 7. The first-order chi connectivity index (χ1) is 8.76. The zero-order valence-corrected chi connectivity index (χ0v) is 12.5. The molecule has 2 saturated carbocycles. The van der Waals surface area contributed by atoms with Gasteiger partial charge in [-0.25, -0.2) is 0 Å². The summed E-state index contributed by atoms with van der Waals surface area (Å²) < 4.78 is 0. The molecule has 0 unspecified atom stereocenters. The molecule has 0 aromatic carbocycles. The van der Waals surface area contributed by atoms with Crippen LogP contribution in [0.3, 0.4) is 0 Å². The van der Waals surface area contributed by atoms with Crippen molar-refractivity contribution in [1.29, 1.82) is 0 Å². The molecule has 2 aliphatic rings. The highest BCUT2D eigenvalue weighted by Gasteiger charge is 2.36. The van der Waals surface area contributed by atoms with E-state index in [0.29, 0.717) is 5.41 Å². The van der Waals surface area contributed by atoms with E-state index < -0.39 is 0 Å². The largest absolute Gasteiger partial charge is 0.316 e. The van der Waals surface area contributed by atoms with Gasteiger partial charge in [0.25, 0.3) is 0 Å². The van der Waals surface area contributed by atoms with Gasteiger partial charge in [0.05, 0.1) is 0 Å². The molecule has 2 heteroatoms. The van der Waals surface area contributed by atoms with Crippen LogP contribution < -0.4 is 5.32 Å².